The third-order valence-electron chi connectivity index (χ3n) is 3.17. The van der Waals surface area contributed by atoms with Gasteiger partial charge >= 0.3 is 0 Å². The number of rotatable bonds is 5. The minimum atomic E-state index is 0. The van der Waals surface area contributed by atoms with Crippen molar-refractivity contribution in [2.45, 2.75) is 33.4 Å². The number of aliphatic imine (C=N–C) groups is 1. The summed E-state index contributed by atoms with van der Waals surface area (Å²) in [6.07, 6.45) is 1.87. The average Bonchev–Trinajstić information content (AvgIpc) is 2.90. The lowest BCUT2D eigenvalue weighted by molar-refractivity contribution is 0.686. The van der Waals surface area contributed by atoms with Gasteiger partial charge in [-0.3, -0.25) is 0 Å². The Kier molecular flexibility index (Phi) is 9.33. The molecule has 1 heterocycles. The maximum atomic E-state index is 6.27. The molecule has 8 heteroatoms. The zero-order valence-corrected chi connectivity index (χ0v) is 18.4. The van der Waals surface area contributed by atoms with Gasteiger partial charge in [0.15, 0.2) is 5.96 Å². The lowest BCUT2D eigenvalue weighted by atomic mass is 10.1. The zero-order chi connectivity index (χ0) is 16.8. The van der Waals surface area contributed by atoms with Gasteiger partial charge < -0.3 is 10.6 Å². The summed E-state index contributed by atoms with van der Waals surface area (Å²) in [4.78, 5) is 10.1. The van der Waals surface area contributed by atoms with Gasteiger partial charge in [0, 0.05) is 27.7 Å². The van der Waals surface area contributed by atoms with Crippen LogP contribution in [0, 0.1) is 6.92 Å². The average molecular weight is 499 g/mol. The van der Waals surface area contributed by atoms with E-state index < -0.39 is 0 Å². The molecule has 2 N–H and O–H groups in total. The van der Waals surface area contributed by atoms with E-state index in [-0.39, 0.29) is 30.0 Å². The quantitative estimate of drug-likeness (QED) is 0.338. The van der Waals surface area contributed by atoms with Crippen molar-refractivity contribution in [1.29, 1.82) is 0 Å². The number of thiazole rings is 1. The number of halogens is 3. The summed E-state index contributed by atoms with van der Waals surface area (Å²) in [5.41, 5.74) is 0.978. The third-order valence-corrected chi connectivity index (χ3v) is 4.63. The van der Waals surface area contributed by atoms with Crippen LogP contribution in [-0.4, -0.2) is 17.5 Å². The summed E-state index contributed by atoms with van der Waals surface area (Å²) in [5.74, 6) is 0.735. The molecule has 1 atom stereocenters. The second-order valence-electron chi connectivity index (χ2n) is 5.09. The Balaban J connectivity index is 0.00000288. The second kappa shape index (κ2) is 10.4. The van der Waals surface area contributed by atoms with Crippen LogP contribution in [0.15, 0.2) is 29.4 Å². The van der Waals surface area contributed by atoms with Gasteiger partial charge in [-0.1, -0.05) is 29.3 Å². The molecular weight excluding hydrogens is 478 g/mol. The molecule has 0 saturated heterocycles. The molecule has 0 aliphatic rings. The Morgan fingerprint density at radius 1 is 1.38 bits per heavy atom. The lowest BCUT2D eigenvalue weighted by Crippen LogP contribution is -2.38. The van der Waals surface area contributed by atoms with Crippen molar-refractivity contribution in [2.24, 2.45) is 4.99 Å². The highest BCUT2D eigenvalue weighted by Crippen LogP contribution is 2.26. The monoisotopic (exact) mass is 498 g/mol. The van der Waals surface area contributed by atoms with Crippen molar-refractivity contribution in [2.75, 3.05) is 6.54 Å². The van der Waals surface area contributed by atoms with Crippen LogP contribution in [0.2, 0.25) is 10.0 Å². The van der Waals surface area contributed by atoms with Gasteiger partial charge in [0.1, 0.15) is 5.01 Å². The molecule has 0 spiro atoms. The van der Waals surface area contributed by atoms with E-state index in [1.807, 2.05) is 39.1 Å². The number of guanidine groups is 1. The first-order valence-corrected chi connectivity index (χ1v) is 8.98. The molecule has 132 valence electrons. The first kappa shape index (κ1) is 21.5. The molecule has 0 fully saturated rings. The van der Waals surface area contributed by atoms with Gasteiger partial charge in [0.25, 0.3) is 0 Å². The van der Waals surface area contributed by atoms with E-state index in [1.54, 1.807) is 17.4 Å². The van der Waals surface area contributed by atoms with E-state index in [9.17, 15) is 0 Å². The fraction of sp³-hybridized carbons (Fsp3) is 0.375. The number of hydrogen-bond donors (Lipinski definition) is 2. The van der Waals surface area contributed by atoms with Gasteiger partial charge in [-0.15, -0.1) is 35.3 Å². The minimum Gasteiger partial charge on any atom is -0.357 e. The maximum absolute atomic E-state index is 6.27. The van der Waals surface area contributed by atoms with Gasteiger partial charge in [0.05, 0.1) is 12.6 Å². The summed E-state index contributed by atoms with van der Waals surface area (Å²) in [5, 5.41) is 8.87. The molecule has 0 amide bonds. The molecule has 0 saturated carbocycles. The molecule has 1 unspecified atom stereocenters. The number of nitrogens with zero attached hydrogens (tertiary/aromatic N) is 2. The first-order valence-electron chi connectivity index (χ1n) is 7.40. The van der Waals surface area contributed by atoms with Crippen molar-refractivity contribution in [1.82, 2.24) is 15.6 Å². The van der Waals surface area contributed by atoms with E-state index in [4.69, 9.17) is 23.2 Å². The summed E-state index contributed by atoms with van der Waals surface area (Å²) >= 11 is 13.9. The predicted octanol–water partition coefficient (Wildman–Crippen LogP) is 5.19. The molecule has 0 aliphatic heterocycles. The number of hydrogen-bond acceptors (Lipinski definition) is 3. The Morgan fingerprint density at radius 3 is 2.71 bits per heavy atom. The third kappa shape index (κ3) is 6.38. The van der Waals surface area contributed by atoms with Crippen LogP contribution >= 0.6 is 58.5 Å². The summed E-state index contributed by atoms with van der Waals surface area (Å²) < 4.78 is 0. The van der Waals surface area contributed by atoms with Crippen LogP contribution in [0.4, 0.5) is 0 Å². The molecule has 0 bridgehead atoms. The molecule has 1 aromatic carbocycles. The molecule has 4 nitrogen and oxygen atoms in total. The lowest BCUT2D eigenvalue weighted by Gasteiger charge is -2.19. The zero-order valence-electron chi connectivity index (χ0n) is 13.8. The van der Waals surface area contributed by atoms with Gasteiger partial charge in [-0.05, 0) is 38.5 Å². The van der Waals surface area contributed by atoms with Crippen molar-refractivity contribution in [3.63, 3.8) is 0 Å². The van der Waals surface area contributed by atoms with Crippen molar-refractivity contribution in [3.8, 4) is 0 Å². The highest BCUT2D eigenvalue weighted by atomic mass is 127. The fourth-order valence-corrected chi connectivity index (χ4v) is 3.36. The predicted molar refractivity (Wildman–Crippen MR) is 115 cm³/mol. The summed E-state index contributed by atoms with van der Waals surface area (Å²) in [7, 11) is 0. The molecule has 24 heavy (non-hydrogen) atoms. The molecule has 0 radical (unpaired) electrons. The molecule has 1 aromatic heterocycles. The van der Waals surface area contributed by atoms with Crippen LogP contribution in [-0.2, 0) is 6.54 Å². The Labute approximate surface area is 174 Å². The van der Waals surface area contributed by atoms with Crippen LogP contribution in [0.3, 0.4) is 0 Å². The Morgan fingerprint density at radius 2 is 2.12 bits per heavy atom. The second-order valence-corrected chi connectivity index (χ2v) is 7.25. The smallest absolute Gasteiger partial charge is 0.192 e. The SMILES string of the molecule is CCNC(=NCc1ncc(C)s1)NC(C)c1ccc(Cl)cc1Cl.I. The maximum Gasteiger partial charge on any atom is 0.192 e. The topological polar surface area (TPSA) is 49.3 Å². The largest absolute Gasteiger partial charge is 0.357 e. The standard InChI is InChI=1S/C16H20Cl2N4S.HI/c1-4-19-16(21-9-15-20-8-10(2)23-15)22-11(3)13-6-5-12(17)7-14(13)18;/h5-8,11H,4,9H2,1-3H3,(H2,19,21,22);1H. The number of aromatic nitrogens is 1. The van der Waals surface area contributed by atoms with E-state index >= 15 is 0 Å². The van der Waals surface area contributed by atoms with Crippen molar-refractivity contribution < 1.29 is 0 Å². The van der Waals surface area contributed by atoms with Gasteiger partial charge in [-0.25, -0.2) is 9.98 Å². The van der Waals surface area contributed by atoms with E-state index in [1.165, 1.54) is 4.88 Å². The van der Waals surface area contributed by atoms with E-state index in [2.05, 4.69) is 20.6 Å². The Bertz CT molecular complexity index is 690. The number of benzene rings is 1. The van der Waals surface area contributed by atoms with Gasteiger partial charge in [0.2, 0.25) is 0 Å². The summed E-state index contributed by atoms with van der Waals surface area (Å²) in [6.45, 7) is 7.44. The summed E-state index contributed by atoms with van der Waals surface area (Å²) in [6, 6.07) is 5.52. The van der Waals surface area contributed by atoms with Crippen LogP contribution in [0.25, 0.3) is 0 Å². The van der Waals surface area contributed by atoms with Crippen molar-refractivity contribution in [3.05, 3.63) is 49.9 Å². The highest BCUT2D eigenvalue weighted by Gasteiger charge is 2.12. The number of nitrogens with one attached hydrogen (secondary N) is 2. The molecule has 0 aliphatic carbocycles. The minimum absolute atomic E-state index is 0. The normalized spacial score (nSPS) is 12.5. The van der Waals surface area contributed by atoms with Crippen molar-refractivity contribution >= 4 is 64.5 Å². The van der Waals surface area contributed by atoms with E-state index in [0.717, 1.165) is 23.1 Å². The first-order chi connectivity index (χ1) is 11.0. The van der Waals surface area contributed by atoms with Crippen LogP contribution in [0.5, 0.6) is 0 Å². The molecular formula is C16H21Cl2IN4S. The molecule has 2 rings (SSSR count). The molecule has 2 aromatic rings. The number of aryl methyl sites for hydroxylation is 1. The van der Waals surface area contributed by atoms with E-state index in [0.29, 0.717) is 16.6 Å². The fourth-order valence-electron chi connectivity index (χ4n) is 2.08. The Hall–Kier alpha value is -0.570. The van der Waals surface area contributed by atoms with Crippen LogP contribution in [0.1, 0.15) is 35.3 Å². The van der Waals surface area contributed by atoms with Crippen LogP contribution < -0.4 is 10.6 Å². The van der Waals surface area contributed by atoms with Gasteiger partial charge in [-0.2, -0.15) is 0 Å². The highest BCUT2D eigenvalue weighted by molar-refractivity contribution is 14.0.